The Bertz CT molecular complexity index is 552. The number of hydrogen-bond acceptors (Lipinski definition) is 4. The van der Waals surface area contributed by atoms with Gasteiger partial charge in [0.1, 0.15) is 6.04 Å². The zero-order valence-corrected chi connectivity index (χ0v) is 15.8. The van der Waals surface area contributed by atoms with Crippen molar-refractivity contribution in [2.45, 2.75) is 88.3 Å². The fourth-order valence-corrected chi connectivity index (χ4v) is 6.38. The van der Waals surface area contributed by atoms with Crippen molar-refractivity contribution < 1.29 is 9.90 Å². The lowest BCUT2D eigenvalue weighted by Gasteiger charge is -2.36. The molecule has 5 heteroatoms. The van der Waals surface area contributed by atoms with Crippen molar-refractivity contribution in [1.82, 2.24) is 10.2 Å². The predicted molar refractivity (Wildman–Crippen MR) is 99.1 cm³/mol. The first kappa shape index (κ1) is 18.3. The summed E-state index contributed by atoms with van der Waals surface area (Å²) in [7, 11) is 0. The van der Waals surface area contributed by atoms with Crippen molar-refractivity contribution in [1.29, 1.82) is 5.26 Å². The molecule has 0 unspecified atom stereocenters. The van der Waals surface area contributed by atoms with Gasteiger partial charge in [-0.3, -0.25) is 4.79 Å². The molecule has 0 aromatic rings. The first-order valence-electron chi connectivity index (χ1n) is 10.7. The average molecular weight is 360 g/mol. The van der Waals surface area contributed by atoms with Gasteiger partial charge < -0.3 is 15.3 Å². The number of nitrogens with zero attached hydrogens (tertiary/aromatic N) is 2. The van der Waals surface area contributed by atoms with Gasteiger partial charge in [-0.25, -0.2) is 0 Å². The highest BCUT2D eigenvalue weighted by atomic mass is 16.3. The van der Waals surface area contributed by atoms with Crippen LogP contribution < -0.4 is 5.32 Å². The SMILES string of the molecule is N#C[C@@H]1CCCN1C(=O)CN[C@@H]1C[C@@H]2C[C@](O)(C3CCCCC3)C[C@@H]2C1. The van der Waals surface area contributed by atoms with Gasteiger partial charge in [0.2, 0.25) is 5.91 Å². The van der Waals surface area contributed by atoms with Gasteiger partial charge in [-0.2, -0.15) is 5.26 Å². The number of likely N-dealkylation sites (tertiary alicyclic amines) is 1. The van der Waals surface area contributed by atoms with E-state index in [0.29, 0.717) is 30.3 Å². The topological polar surface area (TPSA) is 76.4 Å². The van der Waals surface area contributed by atoms with Crippen LogP contribution in [0.5, 0.6) is 0 Å². The van der Waals surface area contributed by atoms with Crippen LogP contribution in [0.4, 0.5) is 0 Å². The molecule has 26 heavy (non-hydrogen) atoms. The predicted octanol–water partition coefficient (Wildman–Crippen LogP) is 2.59. The van der Waals surface area contributed by atoms with Crippen LogP contribution in [0.2, 0.25) is 0 Å². The molecule has 5 nitrogen and oxygen atoms in total. The minimum absolute atomic E-state index is 0.0739. The third-order valence-electron chi connectivity index (χ3n) is 7.70. The lowest BCUT2D eigenvalue weighted by atomic mass is 9.75. The van der Waals surface area contributed by atoms with Crippen molar-refractivity contribution in [2.75, 3.05) is 13.1 Å². The van der Waals surface area contributed by atoms with Crippen LogP contribution in [0.3, 0.4) is 0 Å². The van der Waals surface area contributed by atoms with E-state index in [9.17, 15) is 9.90 Å². The molecule has 1 saturated heterocycles. The van der Waals surface area contributed by atoms with E-state index >= 15 is 0 Å². The fraction of sp³-hybridized carbons (Fsp3) is 0.905. The minimum Gasteiger partial charge on any atom is -0.390 e. The lowest BCUT2D eigenvalue weighted by molar-refractivity contribution is -0.130. The van der Waals surface area contributed by atoms with Crippen molar-refractivity contribution >= 4 is 5.91 Å². The molecule has 1 heterocycles. The van der Waals surface area contributed by atoms with E-state index in [2.05, 4.69) is 11.4 Å². The first-order chi connectivity index (χ1) is 12.6. The number of rotatable bonds is 4. The maximum atomic E-state index is 12.4. The molecule has 0 bridgehead atoms. The maximum Gasteiger partial charge on any atom is 0.237 e. The molecule has 144 valence electrons. The second-order valence-electron chi connectivity index (χ2n) is 9.29. The zero-order valence-electron chi connectivity index (χ0n) is 15.8. The molecule has 3 saturated carbocycles. The van der Waals surface area contributed by atoms with E-state index in [1.165, 1.54) is 32.1 Å². The summed E-state index contributed by atoms with van der Waals surface area (Å²) >= 11 is 0. The average Bonchev–Trinajstić information content (AvgIpc) is 3.33. The highest BCUT2D eigenvalue weighted by molar-refractivity contribution is 5.79. The molecule has 1 amide bonds. The Labute approximate surface area is 157 Å². The smallest absolute Gasteiger partial charge is 0.237 e. The van der Waals surface area contributed by atoms with Crippen LogP contribution in [-0.2, 0) is 4.79 Å². The second kappa shape index (κ2) is 7.48. The van der Waals surface area contributed by atoms with Crippen LogP contribution in [0.25, 0.3) is 0 Å². The van der Waals surface area contributed by atoms with Gasteiger partial charge in [0, 0.05) is 12.6 Å². The molecule has 1 aliphatic heterocycles. The number of hydrogen-bond donors (Lipinski definition) is 2. The van der Waals surface area contributed by atoms with Crippen molar-refractivity contribution in [3.8, 4) is 6.07 Å². The molecule has 0 aromatic heterocycles. The molecular weight excluding hydrogens is 326 g/mol. The van der Waals surface area contributed by atoms with Gasteiger partial charge in [-0.05, 0) is 69.1 Å². The Morgan fingerprint density at radius 2 is 1.81 bits per heavy atom. The van der Waals surface area contributed by atoms with Gasteiger partial charge in [-0.15, -0.1) is 0 Å². The summed E-state index contributed by atoms with van der Waals surface area (Å²) in [6.07, 6.45) is 12.2. The normalized spacial score (nSPS) is 40.5. The lowest BCUT2D eigenvalue weighted by Crippen LogP contribution is -2.43. The van der Waals surface area contributed by atoms with E-state index in [0.717, 1.165) is 45.1 Å². The Morgan fingerprint density at radius 3 is 2.46 bits per heavy atom. The van der Waals surface area contributed by atoms with Gasteiger partial charge in [-0.1, -0.05) is 19.3 Å². The van der Waals surface area contributed by atoms with Crippen LogP contribution in [0, 0.1) is 29.1 Å². The Morgan fingerprint density at radius 1 is 1.12 bits per heavy atom. The van der Waals surface area contributed by atoms with Gasteiger partial charge in [0.15, 0.2) is 0 Å². The Balaban J connectivity index is 1.25. The first-order valence-corrected chi connectivity index (χ1v) is 10.7. The minimum atomic E-state index is -0.411. The standard InChI is InChI=1S/C21H33N3O2/c22-13-19-7-4-8-24(19)20(25)14-23-18-9-15-11-21(26,12-16(15)10-18)17-5-2-1-3-6-17/h15-19,23,26H,1-12,14H2/t15-,16+,18-,19-,21-/m0/s1. The molecule has 5 atom stereocenters. The Kier molecular flexibility index (Phi) is 5.25. The van der Waals surface area contributed by atoms with Crippen molar-refractivity contribution in [3.63, 3.8) is 0 Å². The van der Waals surface area contributed by atoms with E-state index in [-0.39, 0.29) is 11.9 Å². The van der Waals surface area contributed by atoms with E-state index in [1.807, 2.05) is 0 Å². The number of carbonyl (C=O) groups is 1. The summed E-state index contributed by atoms with van der Waals surface area (Å²) in [6, 6.07) is 2.42. The third kappa shape index (κ3) is 3.51. The zero-order chi connectivity index (χ0) is 18.1. The van der Waals surface area contributed by atoms with Crippen molar-refractivity contribution in [2.24, 2.45) is 17.8 Å². The highest BCUT2D eigenvalue weighted by Gasteiger charge is 2.51. The summed E-state index contributed by atoms with van der Waals surface area (Å²) in [5.74, 6) is 1.83. The van der Waals surface area contributed by atoms with Crippen LogP contribution >= 0.6 is 0 Å². The van der Waals surface area contributed by atoms with Crippen LogP contribution in [-0.4, -0.2) is 46.7 Å². The number of nitriles is 1. The number of amides is 1. The molecule has 0 aromatic carbocycles. The molecule has 2 N–H and O–H groups in total. The molecule has 4 rings (SSSR count). The van der Waals surface area contributed by atoms with E-state index in [1.54, 1.807) is 4.90 Å². The molecule has 0 spiro atoms. The van der Waals surface area contributed by atoms with E-state index < -0.39 is 5.60 Å². The largest absolute Gasteiger partial charge is 0.390 e. The maximum absolute atomic E-state index is 12.4. The van der Waals surface area contributed by atoms with Gasteiger partial charge in [0.25, 0.3) is 0 Å². The Hall–Kier alpha value is -1.12. The molecule has 0 radical (unpaired) electrons. The second-order valence-corrected chi connectivity index (χ2v) is 9.29. The number of carbonyl (C=O) groups excluding carboxylic acids is 1. The monoisotopic (exact) mass is 359 g/mol. The van der Waals surface area contributed by atoms with Crippen LogP contribution in [0.15, 0.2) is 0 Å². The highest BCUT2D eigenvalue weighted by Crippen LogP contribution is 2.53. The molecular formula is C21H33N3O2. The summed E-state index contributed by atoms with van der Waals surface area (Å²) in [5.41, 5.74) is -0.411. The molecule has 4 aliphatic rings. The molecule has 4 fully saturated rings. The summed E-state index contributed by atoms with van der Waals surface area (Å²) in [5, 5.41) is 23.8. The molecule has 3 aliphatic carbocycles. The van der Waals surface area contributed by atoms with E-state index in [4.69, 9.17) is 5.26 Å². The summed E-state index contributed by atoms with van der Waals surface area (Å²) in [6.45, 7) is 1.08. The van der Waals surface area contributed by atoms with Gasteiger partial charge in [0.05, 0.1) is 18.2 Å². The number of fused-ring (bicyclic) bond motifs is 1. The third-order valence-corrected chi connectivity index (χ3v) is 7.70. The van der Waals surface area contributed by atoms with Gasteiger partial charge >= 0.3 is 0 Å². The number of aliphatic hydroxyl groups is 1. The van der Waals surface area contributed by atoms with Crippen LogP contribution in [0.1, 0.15) is 70.6 Å². The summed E-state index contributed by atoms with van der Waals surface area (Å²) < 4.78 is 0. The van der Waals surface area contributed by atoms with Crippen molar-refractivity contribution in [3.05, 3.63) is 0 Å². The quantitative estimate of drug-likeness (QED) is 0.809. The number of nitrogens with one attached hydrogen (secondary N) is 1. The summed E-state index contributed by atoms with van der Waals surface area (Å²) in [4.78, 5) is 14.1. The fourth-order valence-electron chi connectivity index (χ4n) is 6.38.